The van der Waals surface area contributed by atoms with Crippen molar-refractivity contribution in [3.63, 3.8) is 0 Å². The summed E-state index contributed by atoms with van der Waals surface area (Å²) in [4.78, 5) is 14.7. The van der Waals surface area contributed by atoms with E-state index in [2.05, 4.69) is 4.72 Å². The van der Waals surface area contributed by atoms with Crippen LogP contribution in [-0.2, 0) is 14.8 Å². The lowest BCUT2D eigenvalue weighted by atomic mass is 10.2. The van der Waals surface area contributed by atoms with Crippen molar-refractivity contribution in [2.24, 2.45) is 0 Å². The molecule has 0 bridgehead atoms. The molecule has 8 heteroatoms. The molecule has 2 aromatic carbocycles. The second-order valence-corrected chi connectivity index (χ2v) is 8.38. The molecule has 1 N–H and O–H groups in total. The first-order chi connectivity index (χ1) is 12.4. The molecule has 138 valence electrons. The monoisotopic (exact) mass is 392 g/mol. The molecule has 2 aromatic rings. The highest BCUT2D eigenvalue weighted by atomic mass is 32.2. The lowest BCUT2D eigenvalue weighted by Gasteiger charge is -2.20. The molecule has 6 nitrogen and oxygen atoms in total. The van der Waals surface area contributed by atoms with Crippen molar-refractivity contribution in [1.29, 1.82) is 0 Å². The van der Waals surface area contributed by atoms with Crippen LogP contribution >= 0.6 is 11.8 Å². The topological polar surface area (TPSA) is 75.7 Å². The minimum absolute atomic E-state index is 0.0292. The summed E-state index contributed by atoms with van der Waals surface area (Å²) in [5.74, 6) is 0.446. The van der Waals surface area contributed by atoms with E-state index in [1.54, 1.807) is 29.2 Å². The fourth-order valence-electron chi connectivity index (χ4n) is 2.85. The third-order valence-electron chi connectivity index (χ3n) is 4.15. The number of hydrogen-bond acceptors (Lipinski definition) is 5. The summed E-state index contributed by atoms with van der Waals surface area (Å²) in [6.07, 6.45) is 3.13. The maximum atomic E-state index is 12.8. The molecular weight excluding hydrogens is 372 g/mol. The van der Waals surface area contributed by atoms with Gasteiger partial charge in [0.25, 0.3) is 10.0 Å². The highest BCUT2D eigenvalue weighted by Crippen LogP contribution is 2.34. The zero-order valence-corrected chi connectivity index (χ0v) is 16.2. The Hall–Kier alpha value is -2.19. The largest absolute Gasteiger partial charge is 0.495 e. The van der Waals surface area contributed by atoms with E-state index in [1.807, 2.05) is 12.3 Å². The molecule has 26 heavy (non-hydrogen) atoms. The number of thioether (sulfide) groups is 1. The second-order valence-electron chi connectivity index (χ2n) is 5.82. The number of ether oxygens (including phenoxy) is 1. The molecule has 1 saturated heterocycles. The fourth-order valence-corrected chi connectivity index (χ4v) is 4.38. The highest BCUT2D eigenvalue weighted by Gasteiger charge is 2.26. The number of benzene rings is 2. The van der Waals surface area contributed by atoms with E-state index in [1.165, 1.54) is 31.0 Å². The Balaban J connectivity index is 1.95. The van der Waals surface area contributed by atoms with Crippen LogP contribution in [-0.4, -0.2) is 34.2 Å². The van der Waals surface area contributed by atoms with Crippen molar-refractivity contribution in [2.75, 3.05) is 29.5 Å². The molecule has 0 radical (unpaired) electrons. The maximum absolute atomic E-state index is 12.8. The van der Waals surface area contributed by atoms with E-state index in [-0.39, 0.29) is 10.8 Å². The van der Waals surface area contributed by atoms with E-state index in [4.69, 9.17) is 4.74 Å². The maximum Gasteiger partial charge on any atom is 0.261 e. The Labute approximate surface area is 157 Å². The summed E-state index contributed by atoms with van der Waals surface area (Å²) in [7, 11) is -2.29. The molecule has 0 saturated carbocycles. The minimum Gasteiger partial charge on any atom is -0.495 e. The number of amides is 1. The molecule has 0 aliphatic carbocycles. The normalized spacial score (nSPS) is 14.5. The zero-order valence-electron chi connectivity index (χ0n) is 14.6. The van der Waals surface area contributed by atoms with Crippen LogP contribution in [0.3, 0.4) is 0 Å². The predicted molar refractivity (Wildman–Crippen MR) is 104 cm³/mol. The number of nitrogens with zero attached hydrogens (tertiary/aromatic N) is 1. The van der Waals surface area contributed by atoms with Gasteiger partial charge in [0.15, 0.2) is 0 Å². The van der Waals surface area contributed by atoms with Crippen LogP contribution in [0.2, 0.25) is 0 Å². The smallest absolute Gasteiger partial charge is 0.261 e. The van der Waals surface area contributed by atoms with Crippen molar-refractivity contribution in [3.8, 4) is 5.75 Å². The Morgan fingerprint density at radius 1 is 1.19 bits per heavy atom. The number of hydrogen-bond donors (Lipinski definition) is 1. The Morgan fingerprint density at radius 2 is 2.00 bits per heavy atom. The van der Waals surface area contributed by atoms with Crippen molar-refractivity contribution in [1.82, 2.24) is 0 Å². The van der Waals surface area contributed by atoms with Gasteiger partial charge < -0.3 is 9.64 Å². The minimum atomic E-state index is -3.79. The van der Waals surface area contributed by atoms with Gasteiger partial charge in [0.05, 0.1) is 17.7 Å². The van der Waals surface area contributed by atoms with E-state index in [0.717, 1.165) is 11.3 Å². The van der Waals surface area contributed by atoms with Crippen molar-refractivity contribution < 1.29 is 17.9 Å². The summed E-state index contributed by atoms with van der Waals surface area (Å²) in [6, 6.07) is 11.7. The van der Waals surface area contributed by atoms with Crippen LogP contribution < -0.4 is 14.4 Å². The molecule has 0 spiro atoms. The summed E-state index contributed by atoms with van der Waals surface area (Å²) >= 11 is 1.53. The third-order valence-corrected chi connectivity index (χ3v) is 6.25. The van der Waals surface area contributed by atoms with Gasteiger partial charge in [0.1, 0.15) is 5.75 Å². The molecule has 1 aliphatic rings. The van der Waals surface area contributed by atoms with Crippen LogP contribution in [0, 0.1) is 0 Å². The molecule has 1 heterocycles. The molecular formula is C18H20N2O4S2. The molecule has 0 atom stereocenters. The highest BCUT2D eigenvalue weighted by molar-refractivity contribution is 7.98. The van der Waals surface area contributed by atoms with Gasteiger partial charge in [-0.3, -0.25) is 9.52 Å². The number of rotatable bonds is 6. The van der Waals surface area contributed by atoms with E-state index < -0.39 is 10.0 Å². The molecule has 1 fully saturated rings. The summed E-state index contributed by atoms with van der Waals surface area (Å²) < 4.78 is 33.5. The quantitative estimate of drug-likeness (QED) is 0.763. The van der Waals surface area contributed by atoms with Crippen LogP contribution in [0.4, 0.5) is 11.4 Å². The van der Waals surface area contributed by atoms with E-state index >= 15 is 0 Å². The van der Waals surface area contributed by atoms with Crippen LogP contribution in [0.25, 0.3) is 0 Å². The standard InChI is InChI=1S/C18H20N2O4S2/c1-24-17-9-8-15(12-16(17)20-10-4-7-18(20)21)26(22,23)19-13-5-3-6-14(11-13)25-2/h3,5-6,8-9,11-12,19H,4,7,10H2,1-2H3. The fraction of sp³-hybridized carbons (Fsp3) is 0.278. The summed E-state index contributed by atoms with van der Waals surface area (Å²) in [5, 5.41) is 0. The van der Waals surface area contributed by atoms with Gasteiger partial charge in [0.2, 0.25) is 5.91 Å². The number of carbonyl (C=O) groups is 1. The Morgan fingerprint density at radius 3 is 2.65 bits per heavy atom. The predicted octanol–water partition coefficient (Wildman–Crippen LogP) is 3.34. The number of nitrogens with one attached hydrogen (secondary N) is 1. The lowest BCUT2D eigenvalue weighted by Crippen LogP contribution is -2.24. The first-order valence-electron chi connectivity index (χ1n) is 8.10. The zero-order chi connectivity index (χ0) is 18.7. The van der Waals surface area contributed by atoms with Crippen LogP contribution in [0.1, 0.15) is 12.8 Å². The Bertz CT molecular complexity index is 929. The van der Waals surface area contributed by atoms with Gasteiger partial charge >= 0.3 is 0 Å². The van der Waals surface area contributed by atoms with Gasteiger partial charge in [-0.1, -0.05) is 6.07 Å². The number of sulfonamides is 1. The van der Waals surface area contributed by atoms with Crippen LogP contribution in [0.5, 0.6) is 5.75 Å². The molecule has 0 unspecified atom stereocenters. The number of methoxy groups -OCH3 is 1. The van der Waals surface area contributed by atoms with Crippen LogP contribution in [0.15, 0.2) is 52.3 Å². The van der Waals surface area contributed by atoms with Crippen molar-refractivity contribution >= 4 is 39.1 Å². The van der Waals surface area contributed by atoms with E-state index in [0.29, 0.717) is 30.1 Å². The summed E-state index contributed by atoms with van der Waals surface area (Å²) in [5.41, 5.74) is 0.974. The molecule has 1 aliphatic heterocycles. The lowest BCUT2D eigenvalue weighted by molar-refractivity contribution is -0.117. The first kappa shape index (κ1) is 18.6. The summed E-state index contributed by atoms with van der Waals surface area (Å²) in [6.45, 7) is 0.557. The van der Waals surface area contributed by atoms with Gasteiger partial charge in [0, 0.05) is 23.5 Å². The molecule has 1 amide bonds. The number of anilines is 2. The molecule has 0 aromatic heterocycles. The van der Waals surface area contributed by atoms with Crippen molar-refractivity contribution in [3.05, 3.63) is 42.5 Å². The second kappa shape index (κ2) is 7.59. The number of carbonyl (C=O) groups excluding carboxylic acids is 1. The SMILES string of the molecule is COc1ccc(S(=O)(=O)Nc2cccc(SC)c2)cc1N1CCCC1=O. The average molecular weight is 393 g/mol. The third kappa shape index (κ3) is 3.81. The van der Waals surface area contributed by atoms with Gasteiger partial charge in [-0.25, -0.2) is 8.42 Å². The van der Waals surface area contributed by atoms with Gasteiger partial charge in [-0.2, -0.15) is 0 Å². The molecule has 3 rings (SSSR count). The first-order valence-corrected chi connectivity index (χ1v) is 10.8. The van der Waals surface area contributed by atoms with E-state index in [9.17, 15) is 13.2 Å². The average Bonchev–Trinajstić information content (AvgIpc) is 3.06. The Kier molecular flexibility index (Phi) is 5.43. The van der Waals surface area contributed by atoms with Crippen molar-refractivity contribution in [2.45, 2.75) is 22.6 Å². The van der Waals surface area contributed by atoms with Gasteiger partial charge in [-0.15, -0.1) is 11.8 Å². The van der Waals surface area contributed by atoms with Gasteiger partial charge in [-0.05, 0) is 49.1 Å².